The van der Waals surface area contributed by atoms with E-state index < -0.39 is 6.10 Å². The Labute approximate surface area is 143 Å². The molecule has 0 saturated heterocycles. The molecule has 3 rings (SSSR count). The van der Waals surface area contributed by atoms with E-state index in [4.69, 9.17) is 9.15 Å². The minimum Gasteiger partial charge on any atom is -0.467 e. The van der Waals surface area contributed by atoms with Gasteiger partial charge in [0.25, 0.3) is 0 Å². The lowest BCUT2D eigenvalue weighted by atomic mass is 9.51. The van der Waals surface area contributed by atoms with E-state index in [1.54, 1.807) is 18.4 Å². The van der Waals surface area contributed by atoms with E-state index in [9.17, 15) is 5.11 Å². The molecule has 1 aromatic rings. The third-order valence-electron chi connectivity index (χ3n) is 5.39. The number of ether oxygens (including phenoxy) is 1. The molecule has 6 heteroatoms. The van der Waals surface area contributed by atoms with E-state index in [-0.39, 0.29) is 12.0 Å². The Morgan fingerprint density at radius 1 is 1.50 bits per heavy atom. The number of guanidine groups is 1. The monoisotopic (exact) mass is 335 g/mol. The molecule has 6 nitrogen and oxygen atoms in total. The van der Waals surface area contributed by atoms with Crippen molar-refractivity contribution in [3.8, 4) is 0 Å². The first-order valence-electron chi connectivity index (χ1n) is 9.07. The van der Waals surface area contributed by atoms with Gasteiger partial charge in [0, 0.05) is 24.6 Å². The van der Waals surface area contributed by atoms with Crippen molar-refractivity contribution < 1.29 is 14.3 Å². The number of aliphatic hydroxyl groups excluding tert-OH is 1. The fraction of sp³-hybridized carbons (Fsp3) is 0.722. The zero-order valence-electron chi connectivity index (χ0n) is 14.6. The quantitative estimate of drug-likeness (QED) is 0.526. The van der Waals surface area contributed by atoms with Gasteiger partial charge in [0.05, 0.1) is 18.9 Å². The van der Waals surface area contributed by atoms with Crippen LogP contribution in [0.2, 0.25) is 0 Å². The first-order valence-corrected chi connectivity index (χ1v) is 9.07. The second-order valence-electron chi connectivity index (χ2n) is 6.71. The van der Waals surface area contributed by atoms with E-state index in [2.05, 4.69) is 22.5 Å². The predicted molar refractivity (Wildman–Crippen MR) is 92.9 cm³/mol. The fourth-order valence-electron chi connectivity index (χ4n) is 3.87. The van der Waals surface area contributed by atoms with Crippen LogP contribution in [0.15, 0.2) is 27.8 Å². The standard InChI is InChI=1S/C18H29N3O3/c1-3-19-17(20-12-13(22)14-7-5-10-24-14)21-15-11-16(23-4-2)18(15)8-6-9-18/h5,7,10,13,15-16,22H,3-4,6,8-9,11-12H2,1-2H3,(H2,19,20,21). The van der Waals surface area contributed by atoms with Crippen LogP contribution in [0.25, 0.3) is 0 Å². The van der Waals surface area contributed by atoms with Gasteiger partial charge in [-0.25, -0.2) is 0 Å². The van der Waals surface area contributed by atoms with Crippen molar-refractivity contribution in [2.24, 2.45) is 10.4 Å². The summed E-state index contributed by atoms with van der Waals surface area (Å²) in [6.07, 6.45) is 5.99. The smallest absolute Gasteiger partial charge is 0.191 e. The molecule has 1 spiro atoms. The van der Waals surface area contributed by atoms with Gasteiger partial charge in [-0.1, -0.05) is 6.42 Å². The Kier molecular flexibility index (Phi) is 5.46. The largest absolute Gasteiger partial charge is 0.467 e. The van der Waals surface area contributed by atoms with Gasteiger partial charge in [-0.15, -0.1) is 0 Å². The lowest BCUT2D eigenvalue weighted by molar-refractivity contribution is -0.168. The molecular weight excluding hydrogens is 306 g/mol. The summed E-state index contributed by atoms with van der Waals surface area (Å²) in [7, 11) is 0. The Balaban J connectivity index is 1.59. The predicted octanol–water partition coefficient (Wildman–Crippen LogP) is 2.22. The molecule has 1 aromatic heterocycles. The molecular formula is C18H29N3O3. The highest BCUT2D eigenvalue weighted by Crippen LogP contribution is 2.57. The minimum atomic E-state index is -0.717. The third kappa shape index (κ3) is 3.30. The van der Waals surface area contributed by atoms with Gasteiger partial charge in [0.1, 0.15) is 11.9 Å². The van der Waals surface area contributed by atoms with Crippen LogP contribution >= 0.6 is 0 Å². The summed E-state index contributed by atoms with van der Waals surface area (Å²) in [5.74, 6) is 1.31. The highest BCUT2D eigenvalue weighted by Gasteiger charge is 2.59. The number of nitrogens with zero attached hydrogens (tertiary/aromatic N) is 1. The second-order valence-corrected chi connectivity index (χ2v) is 6.71. The zero-order valence-corrected chi connectivity index (χ0v) is 14.6. The number of furan rings is 1. The molecule has 24 heavy (non-hydrogen) atoms. The average molecular weight is 335 g/mol. The maximum absolute atomic E-state index is 10.1. The van der Waals surface area contributed by atoms with Gasteiger partial charge in [0.2, 0.25) is 0 Å². The number of aliphatic hydroxyl groups is 1. The van der Waals surface area contributed by atoms with E-state index in [1.807, 2.05) is 6.92 Å². The van der Waals surface area contributed by atoms with Gasteiger partial charge >= 0.3 is 0 Å². The van der Waals surface area contributed by atoms with E-state index in [1.165, 1.54) is 19.3 Å². The van der Waals surface area contributed by atoms with Gasteiger partial charge < -0.3 is 24.9 Å². The topological polar surface area (TPSA) is 79.0 Å². The van der Waals surface area contributed by atoms with Gasteiger partial charge in [0.15, 0.2) is 5.96 Å². The molecule has 2 fully saturated rings. The molecule has 2 saturated carbocycles. The molecule has 0 aliphatic heterocycles. The highest BCUT2D eigenvalue weighted by atomic mass is 16.5. The molecule has 3 unspecified atom stereocenters. The first kappa shape index (κ1) is 17.3. The van der Waals surface area contributed by atoms with Crippen molar-refractivity contribution in [3.05, 3.63) is 24.2 Å². The molecule has 0 aromatic carbocycles. The van der Waals surface area contributed by atoms with Crippen LogP contribution in [0.4, 0.5) is 0 Å². The molecule has 0 bridgehead atoms. The molecule has 0 amide bonds. The van der Waals surface area contributed by atoms with E-state index in [0.717, 1.165) is 25.5 Å². The zero-order chi connectivity index (χ0) is 17.0. The van der Waals surface area contributed by atoms with Crippen LogP contribution in [-0.2, 0) is 4.74 Å². The summed E-state index contributed by atoms with van der Waals surface area (Å²) >= 11 is 0. The van der Waals surface area contributed by atoms with Gasteiger partial charge in [-0.05, 0) is 45.2 Å². The van der Waals surface area contributed by atoms with Crippen LogP contribution < -0.4 is 10.6 Å². The van der Waals surface area contributed by atoms with Crippen molar-refractivity contribution in [3.63, 3.8) is 0 Å². The van der Waals surface area contributed by atoms with Crippen molar-refractivity contribution in [2.45, 2.75) is 57.8 Å². The van der Waals surface area contributed by atoms with Crippen LogP contribution in [-0.4, -0.2) is 42.9 Å². The molecule has 2 aliphatic rings. The lowest BCUT2D eigenvalue weighted by Gasteiger charge is -2.61. The van der Waals surface area contributed by atoms with Crippen molar-refractivity contribution >= 4 is 5.96 Å². The summed E-state index contributed by atoms with van der Waals surface area (Å²) in [5.41, 5.74) is 0.284. The Bertz CT molecular complexity index is 540. The molecule has 3 N–H and O–H groups in total. The Hall–Kier alpha value is -1.53. The van der Waals surface area contributed by atoms with Crippen LogP contribution in [0.5, 0.6) is 0 Å². The van der Waals surface area contributed by atoms with Crippen molar-refractivity contribution in [1.82, 2.24) is 10.6 Å². The van der Waals surface area contributed by atoms with Crippen LogP contribution in [0.1, 0.15) is 51.4 Å². The maximum atomic E-state index is 10.1. The molecule has 0 radical (unpaired) electrons. The molecule has 134 valence electrons. The SMILES string of the molecule is CCNC(=NCC(O)c1ccco1)NC1CC(OCC)C12CCC2. The molecule has 1 heterocycles. The molecule has 3 atom stereocenters. The minimum absolute atomic E-state index is 0.275. The lowest BCUT2D eigenvalue weighted by Crippen LogP contribution is -2.68. The summed E-state index contributed by atoms with van der Waals surface area (Å²) in [6.45, 7) is 5.95. The summed E-state index contributed by atoms with van der Waals surface area (Å²) in [5, 5.41) is 17.0. The number of rotatable bonds is 7. The number of aliphatic imine (C=N–C) groups is 1. The van der Waals surface area contributed by atoms with Crippen molar-refractivity contribution in [2.75, 3.05) is 19.7 Å². The van der Waals surface area contributed by atoms with Crippen molar-refractivity contribution in [1.29, 1.82) is 0 Å². The number of nitrogens with one attached hydrogen (secondary N) is 2. The normalized spacial score (nSPS) is 26.5. The summed E-state index contributed by atoms with van der Waals surface area (Å²) in [6, 6.07) is 3.94. The average Bonchev–Trinajstić information content (AvgIpc) is 3.04. The number of hydrogen-bond donors (Lipinski definition) is 3. The molecule has 2 aliphatic carbocycles. The van der Waals surface area contributed by atoms with E-state index in [0.29, 0.717) is 17.9 Å². The van der Waals surface area contributed by atoms with Gasteiger partial charge in [-0.3, -0.25) is 4.99 Å². The summed E-state index contributed by atoms with van der Waals surface area (Å²) < 4.78 is 11.1. The first-order chi connectivity index (χ1) is 11.7. The second kappa shape index (κ2) is 7.57. The fourth-order valence-corrected chi connectivity index (χ4v) is 3.87. The Morgan fingerprint density at radius 3 is 2.92 bits per heavy atom. The highest BCUT2D eigenvalue weighted by molar-refractivity contribution is 5.80. The third-order valence-corrected chi connectivity index (χ3v) is 5.39. The van der Waals surface area contributed by atoms with E-state index >= 15 is 0 Å². The van der Waals surface area contributed by atoms with Crippen LogP contribution in [0.3, 0.4) is 0 Å². The summed E-state index contributed by atoms with van der Waals surface area (Å²) in [4.78, 5) is 4.53. The van der Waals surface area contributed by atoms with Crippen LogP contribution in [0, 0.1) is 5.41 Å². The maximum Gasteiger partial charge on any atom is 0.191 e. The number of hydrogen-bond acceptors (Lipinski definition) is 4. The van der Waals surface area contributed by atoms with Gasteiger partial charge in [-0.2, -0.15) is 0 Å². The Morgan fingerprint density at radius 2 is 2.33 bits per heavy atom.